The molecule has 2 rings (SSSR count). The van der Waals surface area contributed by atoms with Crippen molar-refractivity contribution in [3.63, 3.8) is 0 Å². The molecule has 1 aromatic carbocycles. The molecule has 1 N–H and O–H groups in total. The van der Waals surface area contributed by atoms with Crippen LogP contribution in [0.15, 0.2) is 24.3 Å². The van der Waals surface area contributed by atoms with E-state index in [1.807, 2.05) is 31.2 Å². The average Bonchev–Trinajstić information content (AvgIpc) is 2.47. The van der Waals surface area contributed by atoms with Crippen molar-refractivity contribution in [2.45, 2.75) is 39.5 Å². The van der Waals surface area contributed by atoms with Gasteiger partial charge in [-0.15, -0.1) is 0 Å². The number of para-hydroxylation sites is 1. The van der Waals surface area contributed by atoms with Crippen LogP contribution in [0.4, 0.5) is 5.69 Å². The number of rotatable bonds is 5. The van der Waals surface area contributed by atoms with Gasteiger partial charge in [0.15, 0.2) is 0 Å². The van der Waals surface area contributed by atoms with Gasteiger partial charge in [-0.1, -0.05) is 31.9 Å². The first-order valence-corrected chi connectivity index (χ1v) is 7.70. The Hall–Kier alpha value is -1.51. The first-order chi connectivity index (χ1) is 9.70. The Morgan fingerprint density at radius 2 is 1.95 bits per heavy atom. The van der Waals surface area contributed by atoms with Crippen LogP contribution in [-0.2, 0) is 4.74 Å². The van der Waals surface area contributed by atoms with Gasteiger partial charge in [0, 0.05) is 12.2 Å². The van der Waals surface area contributed by atoms with Crippen LogP contribution in [0.5, 0.6) is 0 Å². The Morgan fingerprint density at radius 1 is 1.25 bits per heavy atom. The van der Waals surface area contributed by atoms with E-state index in [1.165, 1.54) is 25.7 Å². The molecule has 0 bridgehead atoms. The third-order valence-electron chi connectivity index (χ3n) is 4.14. The van der Waals surface area contributed by atoms with E-state index in [2.05, 4.69) is 12.2 Å². The maximum Gasteiger partial charge on any atom is 0.340 e. The number of carbonyl (C=O) groups excluding carboxylic acids is 1. The minimum Gasteiger partial charge on any atom is -0.462 e. The van der Waals surface area contributed by atoms with Gasteiger partial charge in [0.2, 0.25) is 0 Å². The first-order valence-electron chi connectivity index (χ1n) is 7.70. The second-order valence-electron chi connectivity index (χ2n) is 5.77. The largest absolute Gasteiger partial charge is 0.462 e. The van der Waals surface area contributed by atoms with E-state index < -0.39 is 0 Å². The quantitative estimate of drug-likeness (QED) is 0.822. The van der Waals surface area contributed by atoms with E-state index in [0.717, 1.165) is 24.1 Å². The molecule has 1 fully saturated rings. The predicted molar refractivity (Wildman–Crippen MR) is 82.0 cm³/mol. The van der Waals surface area contributed by atoms with E-state index in [1.54, 1.807) is 0 Å². The van der Waals surface area contributed by atoms with E-state index in [-0.39, 0.29) is 5.97 Å². The van der Waals surface area contributed by atoms with Gasteiger partial charge < -0.3 is 10.1 Å². The molecule has 1 saturated carbocycles. The highest BCUT2D eigenvalue weighted by molar-refractivity contribution is 5.95. The van der Waals surface area contributed by atoms with Crippen molar-refractivity contribution in [2.75, 3.05) is 18.5 Å². The summed E-state index contributed by atoms with van der Waals surface area (Å²) in [6.45, 7) is 5.52. The zero-order valence-electron chi connectivity index (χ0n) is 12.5. The summed E-state index contributed by atoms with van der Waals surface area (Å²) >= 11 is 0. The standard InChI is InChI=1S/C17H25NO2/c1-3-20-17(19)15-6-4-5-7-16(15)18-12-14-10-8-13(2)9-11-14/h4-7,13-14,18H,3,8-12H2,1-2H3. The lowest BCUT2D eigenvalue weighted by Gasteiger charge is -2.26. The topological polar surface area (TPSA) is 38.3 Å². The van der Waals surface area contributed by atoms with Crippen LogP contribution in [0.3, 0.4) is 0 Å². The maximum absolute atomic E-state index is 11.9. The fourth-order valence-corrected chi connectivity index (χ4v) is 2.81. The van der Waals surface area contributed by atoms with Gasteiger partial charge in [0.25, 0.3) is 0 Å². The molecular formula is C17H25NO2. The number of hydrogen-bond acceptors (Lipinski definition) is 3. The smallest absolute Gasteiger partial charge is 0.340 e. The molecule has 3 nitrogen and oxygen atoms in total. The fraction of sp³-hybridized carbons (Fsp3) is 0.588. The molecule has 1 aliphatic carbocycles. The molecule has 0 aromatic heterocycles. The molecule has 0 saturated heterocycles. The number of ether oxygens (including phenoxy) is 1. The minimum absolute atomic E-state index is 0.243. The average molecular weight is 275 g/mol. The highest BCUT2D eigenvalue weighted by Gasteiger charge is 2.19. The zero-order chi connectivity index (χ0) is 14.4. The maximum atomic E-state index is 11.9. The van der Waals surface area contributed by atoms with E-state index in [4.69, 9.17) is 4.74 Å². The van der Waals surface area contributed by atoms with Gasteiger partial charge in [0.1, 0.15) is 0 Å². The molecule has 0 spiro atoms. The lowest BCUT2D eigenvalue weighted by Crippen LogP contribution is -2.21. The summed E-state index contributed by atoms with van der Waals surface area (Å²) in [5.74, 6) is 1.35. The SMILES string of the molecule is CCOC(=O)c1ccccc1NCC1CCC(C)CC1. The molecule has 0 atom stereocenters. The predicted octanol–water partition coefficient (Wildman–Crippen LogP) is 4.10. The normalized spacial score (nSPS) is 22.3. The molecule has 0 unspecified atom stereocenters. The van der Waals surface area contributed by atoms with E-state index >= 15 is 0 Å². The summed E-state index contributed by atoms with van der Waals surface area (Å²) < 4.78 is 5.10. The molecule has 1 aromatic rings. The van der Waals surface area contributed by atoms with Crippen molar-refractivity contribution in [3.8, 4) is 0 Å². The Morgan fingerprint density at radius 3 is 2.65 bits per heavy atom. The number of anilines is 1. The van der Waals surface area contributed by atoms with Crippen molar-refractivity contribution < 1.29 is 9.53 Å². The van der Waals surface area contributed by atoms with E-state index in [9.17, 15) is 4.79 Å². The van der Waals surface area contributed by atoms with Crippen LogP contribution >= 0.6 is 0 Å². The Labute approximate surface area is 121 Å². The molecule has 0 amide bonds. The second kappa shape index (κ2) is 7.32. The lowest BCUT2D eigenvalue weighted by atomic mass is 9.83. The molecule has 0 aliphatic heterocycles. The van der Waals surface area contributed by atoms with Gasteiger partial charge in [-0.2, -0.15) is 0 Å². The number of nitrogens with one attached hydrogen (secondary N) is 1. The molecule has 20 heavy (non-hydrogen) atoms. The number of hydrogen-bond donors (Lipinski definition) is 1. The highest BCUT2D eigenvalue weighted by atomic mass is 16.5. The van der Waals surface area contributed by atoms with Gasteiger partial charge in [0.05, 0.1) is 12.2 Å². The summed E-state index contributed by atoms with van der Waals surface area (Å²) in [4.78, 5) is 11.9. The van der Waals surface area contributed by atoms with Crippen LogP contribution in [-0.4, -0.2) is 19.1 Å². The lowest BCUT2D eigenvalue weighted by molar-refractivity contribution is 0.0527. The third-order valence-corrected chi connectivity index (χ3v) is 4.14. The molecule has 0 heterocycles. The number of esters is 1. The Balaban J connectivity index is 1.94. The molecule has 1 aliphatic rings. The van der Waals surface area contributed by atoms with Crippen molar-refractivity contribution in [1.82, 2.24) is 0 Å². The summed E-state index contributed by atoms with van der Waals surface area (Å²) in [7, 11) is 0. The van der Waals surface area contributed by atoms with Crippen molar-refractivity contribution in [1.29, 1.82) is 0 Å². The fourth-order valence-electron chi connectivity index (χ4n) is 2.81. The summed E-state index contributed by atoms with van der Waals surface area (Å²) in [6.07, 6.45) is 5.23. The zero-order valence-corrected chi connectivity index (χ0v) is 12.5. The molecular weight excluding hydrogens is 250 g/mol. The molecule has 3 heteroatoms. The molecule has 110 valence electrons. The van der Waals surface area contributed by atoms with Crippen LogP contribution in [0.1, 0.15) is 49.9 Å². The second-order valence-corrected chi connectivity index (χ2v) is 5.77. The molecule has 0 radical (unpaired) electrons. The van der Waals surface area contributed by atoms with Crippen LogP contribution in [0.25, 0.3) is 0 Å². The van der Waals surface area contributed by atoms with Gasteiger partial charge in [-0.3, -0.25) is 0 Å². The van der Waals surface area contributed by atoms with Gasteiger partial charge in [-0.05, 0) is 43.7 Å². The first kappa shape index (κ1) is 14.9. The summed E-state index contributed by atoms with van der Waals surface area (Å²) in [5, 5.41) is 3.44. The van der Waals surface area contributed by atoms with Crippen LogP contribution in [0, 0.1) is 11.8 Å². The van der Waals surface area contributed by atoms with E-state index in [0.29, 0.717) is 12.2 Å². The number of benzene rings is 1. The Kier molecular flexibility index (Phi) is 5.45. The Bertz CT molecular complexity index is 436. The summed E-state index contributed by atoms with van der Waals surface area (Å²) in [6, 6.07) is 7.61. The number of carbonyl (C=O) groups is 1. The van der Waals surface area contributed by atoms with Gasteiger partial charge >= 0.3 is 5.97 Å². The van der Waals surface area contributed by atoms with Crippen LogP contribution < -0.4 is 5.32 Å². The third kappa shape index (κ3) is 3.99. The highest BCUT2D eigenvalue weighted by Crippen LogP contribution is 2.28. The van der Waals surface area contributed by atoms with Crippen LogP contribution in [0.2, 0.25) is 0 Å². The van der Waals surface area contributed by atoms with Crippen molar-refractivity contribution >= 4 is 11.7 Å². The summed E-state index contributed by atoms with van der Waals surface area (Å²) in [5.41, 5.74) is 1.53. The van der Waals surface area contributed by atoms with Gasteiger partial charge in [-0.25, -0.2) is 4.79 Å². The van der Waals surface area contributed by atoms with Crippen molar-refractivity contribution in [3.05, 3.63) is 29.8 Å². The minimum atomic E-state index is -0.243. The van der Waals surface area contributed by atoms with Crippen molar-refractivity contribution in [2.24, 2.45) is 11.8 Å². The monoisotopic (exact) mass is 275 g/mol.